The predicted octanol–water partition coefficient (Wildman–Crippen LogP) is 3.78. The molecule has 0 bridgehead atoms. The topological polar surface area (TPSA) is 44.9 Å². The number of carbonyl (C=O) groups excluding carboxylic acids is 1. The van der Waals surface area contributed by atoms with Gasteiger partial charge in [0.1, 0.15) is 0 Å². The second-order valence-electron chi connectivity index (χ2n) is 4.90. The van der Waals surface area contributed by atoms with Crippen molar-refractivity contribution < 1.29 is 4.79 Å². The molecule has 2 N–H and O–H groups in total. The van der Waals surface area contributed by atoms with Crippen LogP contribution in [0.2, 0.25) is 0 Å². The second-order valence-corrected chi connectivity index (χ2v) is 5.99. The molecule has 0 saturated heterocycles. The van der Waals surface area contributed by atoms with Crippen molar-refractivity contribution in [2.75, 3.05) is 0 Å². The van der Waals surface area contributed by atoms with Gasteiger partial charge in [0, 0.05) is 28.7 Å². The molecule has 1 aromatic carbocycles. The van der Waals surface area contributed by atoms with Crippen LogP contribution in [0.4, 0.5) is 0 Å². The Morgan fingerprint density at radius 1 is 1.30 bits per heavy atom. The van der Waals surface area contributed by atoms with Gasteiger partial charge in [-0.1, -0.05) is 6.07 Å². The maximum Gasteiger partial charge on any atom is 0.251 e. The summed E-state index contributed by atoms with van der Waals surface area (Å²) in [6.45, 7) is 4.78. The number of nitrogens with one attached hydrogen (secondary N) is 2. The molecule has 3 aromatic rings. The second kappa shape index (κ2) is 5.13. The van der Waals surface area contributed by atoms with Crippen LogP contribution in [0.25, 0.3) is 10.9 Å². The first kappa shape index (κ1) is 12.9. The molecule has 20 heavy (non-hydrogen) atoms. The third kappa shape index (κ3) is 2.34. The Bertz CT molecular complexity index is 770. The summed E-state index contributed by atoms with van der Waals surface area (Å²) >= 11 is 1.73. The van der Waals surface area contributed by atoms with E-state index in [1.165, 1.54) is 16.0 Å². The Morgan fingerprint density at radius 2 is 2.15 bits per heavy atom. The van der Waals surface area contributed by atoms with Crippen LogP contribution in [0.15, 0.2) is 35.8 Å². The number of fused-ring (bicyclic) bond motifs is 1. The number of hydrogen-bond donors (Lipinski definition) is 2. The van der Waals surface area contributed by atoms with E-state index in [9.17, 15) is 4.79 Å². The van der Waals surface area contributed by atoms with E-state index in [0.29, 0.717) is 12.1 Å². The summed E-state index contributed by atoms with van der Waals surface area (Å²) in [5.74, 6) is -0.0373. The number of carbonyl (C=O) groups is 1. The van der Waals surface area contributed by atoms with Crippen molar-refractivity contribution in [1.82, 2.24) is 10.3 Å². The van der Waals surface area contributed by atoms with Crippen molar-refractivity contribution in [3.8, 4) is 0 Å². The largest absolute Gasteiger partial charge is 0.361 e. The number of hydrogen-bond acceptors (Lipinski definition) is 2. The van der Waals surface area contributed by atoms with Gasteiger partial charge < -0.3 is 10.3 Å². The average Bonchev–Trinajstić information content (AvgIpc) is 3.04. The molecule has 0 aliphatic heterocycles. The first-order valence-electron chi connectivity index (χ1n) is 6.54. The normalized spacial score (nSPS) is 10.9. The Morgan fingerprint density at radius 3 is 2.90 bits per heavy atom. The molecule has 4 heteroatoms. The van der Waals surface area contributed by atoms with Gasteiger partial charge >= 0.3 is 0 Å². The van der Waals surface area contributed by atoms with E-state index in [-0.39, 0.29) is 5.91 Å². The molecule has 0 aliphatic rings. The molecule has 0 atom stereocenters. The fraction of sp³-hybridized carbons (Fsp3) is 0.188. The van der Waals surface area contributed by atoms with Crippen molar-refractivity contribution in [3.63, 3.8) is 0 Å². The molecule has 2 aromatic heterocycles. The summed E-state index contributed by atoms with van der Waals surface area (Å²) < 4.78 is 0. The predicted molar refractivity (Wildman–Crippen MR) is 83.3 cm³/mol. The highest BCUT2D eigenvalue weighted by molar-refractivity contribution is 7.10. The van der Waals surface area contributed by atoms with Gasteiger partial charge in [-0.25, -0.2) is 0 Å². The van der Waals surface area contributed by atoms with Gasteiger partial charge in [-0.2, -0.15) is 0 Å². The quantitative estimate of drug-likeness (QED) is 0.755. The Kier molecular flexibility index (Phi) is 3.32. The molecular weight excluding hydrogens is 268 g/mol. The van der Waals surface area contributed by atoms with Crippen LogP contribution in [-0.2, 0) is 6.54 Å². The summed E-state index contributed by atoms with van der Waals surface area (Å²) in [5.41, 5.74) is 4.14. The maximum absolute atomic E-state index is 12.2. The summed E-state index contributed by atoms with van der Waals surface area (Å²) in [7, 11) is 0. The zero-order valence-corrected chi connectivity index (χ0v) is 12.3. The van der Waals surface area contributed by atoms with E-state index in [2.05, 4.69) is 29.5 Å². The van der Waals surface area contributed by atoms with Crippen molar-refractivity contribution in [3.05, 3.63) is 57.4 Å². The minimum Gasteiger partial charge on any atom is -0.361 e. The summed E-state index contributed by atoms with van der Waals surface area (Å²) in [4.78, 5) is 16.6. The van der Waals surface area contributed by atoms with Gasteiger partial charge in [-0.3, -0.25) is 4.79 Å². The Hall–Kier alpha value is -2.07. The highest BCUT2D eigenvalue weighted by Crippen LogP contribution is 2.20. The number of aryl methyl sites for hydroxylation is 1. The molecule has 0 unspecified atom stereocenters. The number of aromatic nitrogens is 1. The van der Waals surface area contributed by atoms with Crippen LogP contribution in [0.1, 0.15) is 26.4 Å². The molecule has 102 valence electrons. The lowest BCUT2D eigenvalue weighted by Gasteiger charge is -2.05. The fourth-order valence-electron chi connectivity index (χ4n) is 2.20. The van der Waals surface area contributed by atoms with E-state index in [0.717, 1.165) is 10.9 Å². The number of amides is 1. The summed E-state index contributed by atoms with van der Waals surface area (Å²) in [6, 6.07) is 7.70. The van der Waals surface area contributed by atoms with Gasteiger partial charge in [0.25, 0.3) is 5.91 Å². The van der Waals surface area contributed by atoms with Crippen LogP contribution in [-0.4, -0.2) is 10.9 Å². The molecule has 3 rings (SSSR count). The molecule has 0 fully saturated rings. The molecule has 0 saturated carbocycles. The van der Waals surface area contributed by atoms with E-state index in [1.807, 2.05) is 30.5 Å². The fourth-order valence-corrected chi connectivity index (χ4v) is 3.09. The monoisotopic (exact) mass is 284 g/mol. The van der Waals surface area contributed by atoms with Crippen LogP contribution >= 0.6 is 11.3 Å². The molecule has 0 aliphatic carbocycles. The van der Waals surface area contributed by atoms with Crippen molar-refractivity contribution in [2.24, 2.45) is 0 Å². The zero-order valence-electron chi connectivity index (χ0n) is 11.5. The van der Waals surface area contributed by atoms with Crippen LogP contribution in [0, 0.1) is 13.8 Å². The molecule has 1 amide bonds. The zero-order chi connectivity index (χ0) is 14.1. The number of H-pyrrole nitrogens is 1. The summed E-state index contributed by atoms with van der Waals surface area (Å²) in [6.07, 6.45) is 1.88. The number of rotatable bonds is 3. The Balaban J connectivity index is 1.74. The molecule has 2 heterocycles. The molecule has 0 spiro atoms. The first-order chi connectivity index (χ1) is 9.65. The lowest BCUT2D eigenvalue weighted by atomic mass is 10.1. The molecular formula is C16H16N2OS. The van der Waals surface area contributed by atoms with Gasteiger partial charge in [0.05, 0.1) is 0 Å². The van der Waals surface area contributed by atoms with Gasteiger partial charge in [-0.15, -0.1) is 11.3 Å². The van der Waals surface area contributed by atoms with E-state index in [4.69, 9.17) is 0 Å². The van der Waals surface area contributed by atoms with Crippen molar-refractivity contribution in [2.45, 2.75) is 20.4 Å². The minimum atomic E-state index is -0.0373. The van der Waals surface area contributed by atoms with E-state index in [1.54, 1.807) is 11.3 Å². The van der Waals surface area contributed by atoms with Gasteiger partial charge in [-0.05, 0) is 53.9 Å². The Labute approximate surface area is 121 Å². The van der Waals surface area contributed by atoms with Crippen LogP contribution < -0.4 is 5.32 Å². The van der Waals surface area contributed by atoms with Gasteiger partial charge in [0.15, 0.2) is 0 Å². The average molecular weight is 284 g/mol. The number of benzene rings is 1. The van der Waals surface area contributed by atoms with Crippen LogP contribution in [0.3, 0.4) is 0 Å². The first-order valence-corrected chi connectivity index (χ1v) is 7.42. The smallest absolute Gasteiger partial charge is 0.251 e. The van der Waals surface area contributed by atoms with Crippen molar-refractivity contribution in [1.29, 1.82) is 0 Å². The minimum absolute atomic E-state index is 0.0373. The SMILES string of the molecule is Cc1scc(CNC(=O)c2ccc3cc[nH]c3c2)c1C. The third-order valence-electron chi connectivity index (χ3n) is 3.64. The van der Waals surface area contributed by atoms with E-state index >= 15 is 0 Å². The summed E-state index contributed by atoms with van der Waals surface area (Å²) in [5, 5.41) is 6.21. The standard InChI is InChI=1S/C16H16N2OS/c1-10-11(2)20-9-14(10)8-18-16(19)13-4-3-12-5-6-17-15(12)7-13/h3-7,9,17H,8H2,1-2H3,(H,18,19). The number of aromatic amines is 1. The third-order valence-corrected chi connectivity index (χ3v) is 4.71. The highest BCUT2D eigenvalue weighted by Gasteiger charge is 2.09. The molecule has 3 nitrogen and oxygen atoms in total. The maximum atomic E-state index is 12.2. The lowest BCUT2D eigenvalue weighted by molar-refractivity contribution is 0.0951. The van der Waals surface area contributed by atoms with E-state index < -0.39 is 0 Å². The molecule has 0 radical (unpaired) electrons. The highest BCUT2D eigenvalue weighted by atomic mass is 32.1. The van der Waals surface area contributed by atoms with Crippen molar-refractivity contribution >= 4 is 28.1 Å². The lowest BCUT2D eigenvalue weighted by Crippen LogP contribution is -2.22. The number of thiophene rings is 1. The van der Waals surface area contributed by atoms with Crippen LogP contribution in [0.5, 0.6) is 0 Å². The van der Waals surface area contributed by atoms with Gasteiger partial charge in [0.2, 0.25) is 0 Å².